The van der Waals surface area contributed by atoms with E-state index < -0.39 is 0 Å². The van der Waals surface area contributed by atoms with Crippen molar-refractivity contribution < 1.29 is 19.0 Å². The Labute approximate surface area is 157 Å². The number of rotatable bonds is 4. The van der Waals surface area contributed by atoms with Gasteiger partial charge in [0, 0.05) is 22.4 Å². The normalized spacial score (nSPS) is 11.9. The molecule has 0 saturated heterocycles. The lowest BCUT2D eigenvalue weighted by Gasteiger charge is -2.11. The molecule has 1 aromatic heterocycles. The lowest BCUT2D eigenvalue weighted by atomic mass is 10.2. The molecule has 3 aromatic rings. The number of hydrogen-bond donors (Lipinski definition) is 1. The fourth-order valence-electron chi connectivity index (χ4n) is 2.46. The zero-order valence-corrected chi connectivity index (χ0v) is 15.0. The van der Waals surface area contributed by atoms with Gasteiger partial charge in [0.15, 0.2) is 11.5 Å². The molecule has 2 heterocycles. The van der Waals surface area contributed by atoms with Crippen molar-refractivity contribution in [2.75, 3.05) is 12.1 Å². The van der Waals surface area contributed by atoms with E-state index in [1.54, 1.807) is 48.7 Å². The predicted octanol–water partition coefficient (Wildman–Crippen LogP) is 4.62. The summed E-state index contributed by atoms with van der Waals surface area (Å²) < 4.78 is 17.2. The van der Waals surface area contributed by atoms with Crippen LogP contribution >= 0.6 is 15.9 Å². The number of carbonyl (C=O) groups excluding carboxylic acids is 1. The maximum absolute atomic E-state index is 12.7. The van der Waals surface area contributed by atoms with Crippen LogP contribution in [-0.2, 0) is 0 Å². The van der Waals surface area contributed by atoms with Crippen molar-refractivity contribution in [2.45, 2.75) is 0 Å². The lowest BCUT2D eigenvalue weighted by Crippen LogP contribution is -2.13. The monoisotopic (exact) mass is 412 g/mol. The summed E-state index contributed by atoms with van der Waals surface area (Å²) in [4.78, 5) is 16.9. The lowest BCUT2D eigenvalue weighted by molar-refractivity contribution is 0.102. The van der Waals surface area contributed by atoms with Gasteiger partial charge in [0.1, 0.15) is 11.3 Å². The number of fused-ring (bicyclic) bond motifs is 1. The van der Waals surface area contributed by atoms with Gasteiger partial charge in [0.2, 0.25) is 12.7 Å². The molecule has 0 aliphatic carbocycles. The topological polar surface area (TPSA) is 69.7 Å². The second-order valence-corrected chi connectivity index (χ2v) is 6.35. The fourth-order valence-corrected chi connectivity index (χ4v) is 2.84. The molecule has 1 amide bonds. The zero-order valence-electron chi connectivity index (χ0n) is 13.4. The summed E-state index contributed by atoms with van der Waals surface area (Å²) in [6, 6.07) is 15.9. The number of anilines is 1. The van der Waals surface area contributed by atoms with Crippen molar-refractivity contribution in [3.63, 3.8) is 0 Å². The summed E-state index contributed by atoms with van der Waals surface area (Å²) >= 11 is 3.39. The standard InChI is InChI=1S/C19H13BrN2O4/c20-12-3-1-4-14(9-12)26-19-15(5-2-8-21-19)18(23)22-13-6-7-16-17(10-13)25-11-24-16/h1-10H,11H2,(H,22,23). The predicted molar refractivity (Wildman–Crippen MR) is 99.0 cm³/mol. The van der Waals surface area contributed by atoms with Crippen molar-refractivity contribution in [1.29, 1.82) is 0 Å². The van der Waals surface area contributed by atoms with Crippen LogP contribution in [-0.4, -0.2) is 17.7 Å². The summed E-state index contributed by atoms with van der Waals surface area (Å²) in [5, 5.41) is 2.82. The molecule has 0 atom stereocenters. The molecule has 0 spiro atoms. The number of carbonyl (C=O) groups is 1. The summed E-state index contributed by atoms with van der Waals surface area (Å²) in [5.41, 5.74) is 0.918. The minimum absolute atomic E-state index is 0.181. The van der Waals surface area contributed by atoms with E-state index in [9.17, 15) is 4.79 Å². The molecule has 0 fully saturated rings. The van der Waals surface area contributed by atoms with Gasteiger partial charge in [-0.25, -0.2) is 4.98 Å². The van der Waals surface area contributed by atoms with Crippen molar-refractivity contribution >= 4 is 27.5 Å². The maximum atomic E-state index is 12.7. The molecule has 130 valence electrons. The van der Waals surface area contributed by atoms with Gasteiger partial charge in [-0.05, 0) is 42.5 Å². The van der Waals surface area contributed by atoms with Crippen LogP contribution in [0.4, 0.5) is 5.69 Å². The van der Waals surface area contributed by atoms with E-state index in [2.05, 4.69) is 26.2 Å². The number of halogens is 1. The molecule has 0 saturated carbocycles. The van der Waals surface area contributed by atoms with Crippen molar-refractivity contribution in [3.05, 3.63) is 70.8 Å². The highest BCUT2D eigenvalue weighted by Gasteiger charge is 2.17. The Kier molecular flexibility index (Phi) is 4.45. The van der Waals surface area contributed by atoms with Crippen LogP contribution < -0.4 is 19.5 Å². The third kappa shape index (κ3) is 3.48. The number of hydrogen-bond acceptors (Lipinski definition) is 5. The van der Waals surface area contributed by atoms with E-state index >= 15 is 0 Å². The molecule has 6 nitrogen and oxygen atoms in total. The Morgan fingerprint density at radius 3 is 2.85 bits per heavy atom. The number of pyridine rings is 1. The van der Waals surface area contributed by atoms with Gasteiger partial charge < -0.3 is 19.5 Å². The molecular formula is C19H13BrN2O4. The molecule has 2 aromatic carbocycles. The molecule has 0 radical (unpaired) electrons. The Morgan fingerprint density at radius 2 is 1.96 bits per heavy atom. The maximum Gasteiger partial charge on any atom is 0.261 e. The van der Waals surface area contributed by atoms with Gasteiger partial charge in [0.25, 0.3) is 5.91 Å². The summed E-state index contributed by atoms with van der Waals surface area (Å²) in [7, 11) is 0. The van der Waals surface area contributed by atoms with E-state index in [0.717, 1.165) is 4.47 Å². The SMILES string of the molecule is O=C(Nc1ccc2c(c1)OCO2)c1cccnc1Oc1cccc(Br)c1. The molecule has 0 unspecified atom stereocenters. The molecule has 1 aliphatic rings. The zero-order chi connectivity index (χ0) is 17.9. The number of ether oxygens (including phenoxy) is 3. The average molecular weight is 413 g/mol. The van der Waals surface area contributed by atoms with Gasteiger partial charge in [0.05, 0.1) is 0 Å². The molecule has 26 heavy (non-hydrogen) atoms. The Hall–Kier alpha value is -3.06. The van der Waals surface area contributed by atoms with Crippen LogP contribution in [0.3, 0.4) is 0 Å². The first-order valence-corrected chi connectivity index (χ1v) is 8.58. The fraction of sp³-hybridized carbons (Fsp3) is 0.0526. The first-order valence-electron chi connectivity index (χ1n) is 7.78. The first-order chi connectivity index (χ1) is 12.7. The van der Waals surface area contributed by atoms with Gasteiger partial charge in [-0.3, -0.25) is 4.79 Å². The quantitative estimate of drug-likeness (QED) is 0.676. The summed E-state index contributed by atoms with van der Waals surface area (Å²) in [6.45, 7) is 0.181. The van der Waals surface area contributed by atoms with Gasteiger partial charge in [-0.2, -0.15) is 0 Å². The van der Waals surface area contributed by atoms with Crippen LogP contribution in [0.2, 0.25) is 0 Å². The van der Waals surface area contributed by atoms with Gasteiger partial charge >= 0.3 is 0 Å². The minimum Gasteiger partial charge on any atom is -0.454 e. The molecule has 1 N–H and O–H groups in total. The highest BCUT2D eigenvalue weighted by atomic mass is 79.9. The third-order valence-electron chi connectivity index (χ3n) is 3.66. The number of aromatic nitrogens is 1. The number of nitrogens with zero attached hydrogens (tertiary/aromatic N) is 1. The van der Waals surface area contributed by atoms with E-state index in [4.69, 9.17) is 14.2 Å². The second kappa shape index (κ2) is 7.05. The minimum atomic E-state index is -0.332. The largest absolute Gasteiger partial charge is 0.454 e. The number of amides is 1. The van der Waals surface area contributed by atoms with Crippen LogP contribution in [0.15, 0.2) is 65.3 Å². The van der Waals surface area contributed by atoms with Crippen molar-refractivity contribution in [1.82, 2.24) is 4.98 Å². The smallest absolute Gasteiger partial charge is 0.261 e. The Balaban J connectivity index is 1.56. The average Bonchev–Trinajstić information content (AvgIpc) is 3.10. The van der Waals surface area contributed by atoms with Crippen molar-refractivity contribution in [2.24, 2.45) is 0 Å². The molecule has 1 aliphatic heterocycles. The van der Waals surface area contributed by atoms with E-state index in [1.165, 1.54) is 0 Å². The number of benzene rings is 2. The van der Waals surface area contributed by atoms with Crippen LogP contribution in [0.25, 0.3) is 0 Å². The molecular weight excluding hydrogens is 400 g/mol. The highest BCUT2D eigenvalue weighted by Crippen LogP contribution is 2.34. The van der Waals surface area contributed by atoms with E-state index in [0.29, 0.717) is 28.5 Å². The van der Waals surface area contributed by atoms with Crippen LogP contribution in [0, 0.1) is 0 Å². The molecule has 7 heteroatoms. The van der Waals surface area contributed by atoms with Gasteiger partial charge in [-0.15, -0.1) is 0 Å². The molecule has 4 rings (SSSR count). The third-order valence-corrected chi connectivity index (χ3v) is 4.15. The van der Waals surface area contributed by atoms with Crippen molar-refractivity contribution in [3.8, 4) is 23.1 Å². The van der Waals surface area contributed by atoms with E-state index in [-0.39, 0.29) is 18.6 Å². The second-order valence-electron chi connectivity index (χ2n) is 5.44. The Morgan fingerprint density at radius 1 is 1.08 bits per heavy atom. The molecule has 0 bridgehead atoms. The van der Waals surface area contributed by atoms with Crippen LogP contribution in [0.5, 0.6) is 23.1 Å². The Bertz CT molecular complexity index is 977. The van der Waals surface area contributed by atoms with Gasteiger partial charge in [-0.1, -0.05) is 22.0 Å². The summed E-state index contributed by atoms with van der Waals surface area (Å²) in [6.07, 6.45) is 1.57. The summed E-state index contributed by atoms with van der Waals surface area (Å²) in [5.74, 6) is 1.73. The van der Waals surface area contributed by atoms with E-state index in [1.807, 2.05) is 12.1 Å². The first kappa shape index (κ1) is 16.4. The highest BCUT2D eigenvalue weighted by molar-refractivity contribution is 9.10. The number of nitrogens with one attached hydrogen (secondary N) is 1. The van der Waals surface area contributed by atoms with Crippen LogP contribution in [0.1, 0.15) is 10.4 Å².